The van der Waals surface area contributed by atoms with Crippen molar-refractivity contribution in [1.82, 2.24) is 4.72 Å². The minimum atomic E-state index is -3.53. The maximum Gasteiger partial charge on any atom is 0.240 e. The van der Waals surface area contributed by atoms with Crippen LogP contribution in [-0.2, 0) is 10.0 Å². The number of benzene rings is 1. The second-order valence-corrected chi connectivity index (χ2v) is 7.11. The lowest BCUT2D eigenvalue weighted by atomic mass is 9.84. The van der Waals surface area contributed by atoms with Crippen LogP contribution >= 0.6 is 0 Å². The molecule has 1 aromatic rings. The van der Waals surface area contributed by atoms with E-state index in [1.54, 1.807) is 0 Å². The third-order valence-electron chi connectivity index (χ3n) is 4.18. The van der Waals surface area contributed by atoms with E-state index in [4.69, 9.17) is 0 Å². The van der Waals surface area contributed by atoms with Crippen LogP contribution in [0.5, 0.6) is 0 Å². The number of nitrogens with one attached hydrogen (secondary N) is 1. The van der Waals surface area contributed by atoms with Gasteiger partial charge in [-0.3, -0.25) is 0 Å². The molecule has 1 aliphatic rings. The Balaban J connectivity index is 2.07. The molecule has 2 rings (SSSR count). The van der Waals surface area contributed by atoms with Crippen LogP contribution in [0.2, 0.25) is 0 Å². The molecular weight excluding hydrogens is 265 g/mol. The maximum absolute atomic E-state index is 12.8. The molecule has 0 aromatic heterocycles. The van der Waals surface area contributed by atoms with Crippen LogP contribution in [0.1, 0.15) is 39.0 Å². The van der Waals surface area contributed by atoms with Crippen molar-refractivity contribution in [3.63, 3.8) is 0 Å². The SMILES string of the molecule is CCC1(CNS(=O)(=O)c2ccc(F)cc2)CCCC1. The van der Waals surface area contributed by atoms with Crippen molar-refractivity contribution < 1.29 is 12.8 Å². The molecule has 0 aliphatic heterocycles. The summed E-state index contributed by atoms with van der Waals surface area (Å²) in [7, 11) is -3.53. The van der Waals surface area contributed by atoms with Gasteiger partial charge < -0.3 is 0 Å². The Morgan fingerprint density at radius 3 is 2.32 bits per heavy atom. The Kier molecular flexibility index (Phi) is 4.26. The highest BCUT2D eigenvalue weighted by Crippen LogP contribution is 2.40. The van der Waals surface area contributed by atoms with E-state index in [0.717, 1.165) is 19.3 Å². The molecule has 1 fully saturated rings. The number of rotatable bonds is 5. The van der Waals surface area contributed by atoms with E-state index in [9.17, 15) is 12.8 Å². The molecule has 0 spiro atoms. The zero-order chi connectivity index (χ0) is 13.9. The number of hydrogen-bond donors (Lipinski definition) is 1. The predicted octanol–water partition coefficient (Wildman–Crippen LogP) is 3.07. The van der Waals surface area contributed by atoms with Crippen LogP contribution in [0, 0.1) is 11.2 Å². The molecule has 0 amide bonds. The fourth-order valence-electron chi connectivity index (χ4n) is 2.73. The fourth-order valence-corrected chi connectivity index (χ4v) is 3.88. The Bertz CT molecular complexity index is 519. The summed E-state index contributed by atoms with van der Waals surface area (Å²) < 4.78 is 39.7. The molecule has 5 heteroatoms. The van der Waals surface area contributed by atoms with Crippen LogP contribution in [-0.4, -0.2) is 15.0 Å². The molecule has 0 saturated heterocycles. The van der Waals surface area contributed by atoms with Gasteiger partial charge in [0.25, 0.3) is 0 Å². The topological polar surface area (TPSA) is 46.2 Å². The fraction of sp³-hybridized carbons (Fsp3) is 0.571. The van der Waals surface area contributed by atoms with Crippen LogP contribution in [0.4, 0.5) is 4.39 Å². The summed E-state index contributed by atoms with van der Waals surface area (Å²) in [5.41, 5.74) is 0.104. The van der Waals surface area contributed by atoms with Gasteiger partial charge in [0, 0.05) is 6.54 Å². The Morgan fingerprint density at radius 1 is 1.21 bits per heavy atom. The monoisotopic (exact) mass is 285 g/mol. The first kappa shape index (κ1) is 14.5. The smallest absolute Gasteiger partial charge is 0.211 e. The maximum atomic E-state index is 12.8. The highest BCUT2D eigenvalue weighted by atomic mass is 32.2. The molecule has 0 atom stereocenters. The zero-order valence-corrected chi connectivity index (χ0v) is 12.0. The molecule has 19 heavy (non-hydrogen) atoms. The van der Waals surface area contributed by atoms with E-state index in [1.165, 1.54) is 37.1 Å². The van der Waals surface area contributed by atoms with Gasteiger partial charge in [-0.2, -0.15) is 0 Å². The van der Waals surface area contributed by atoms with Crippen molar-refractivity contribution in [2.24, 2.45) is 5.41 Å². The highest BCUT2D eigenvalue weighted by Gasteiger charge is 2.33. The summed E-state index contributed by atoms with van der Waals surface area (Å²) in [5.74, 6) is -0.431. The van der Waals surface area contributed by atoms with E-state index in [0.29, 0.717) is 6.54 Å². The molecule has 0 bridgehead atoms. The van der Waals surface area contributed by atoms with Crippen LogP contribution in [0.15, 0.2) is 29.2 Å². The molecular formula is C14H20FNO2S. The van der Waals surface area contributed by atoms with Crippen molar-refractivity contribution in [2.75, 3.05) is 6.54 Å². The van der Waals surface area contributed by atoms with Gasteiger partial charge >= 0.3 is 0 Å². The van der Waals surface area contributed by atoms with Gasteiger partial charge in [-0.1, -0.05) is 19.8 Å². The minimum absolute atomic E-state index is 0.104. The molecule has 0 unspecified atom stereocenters. The average Bonchev–Trinajstić information content (AvgIpc) is 2.87. The van der Waals surface area contributed by atoms with E-state index >= 15 is 0 Å². The van der Waals surface area contributed by atoms with E-state index < -0.39 is 15.8 Å². The molecule has 1 aromatic carbocycles. The summed E-state index contributed by atoms with van der Waals surface area (Å²) in [6.45, 7) is 2.58. The van der Waals surface area contributed by atoms with Crippen LogP contribution in [0.25, 0.3) is 0 Å². The summed E-state index contributed by atoms with van der Waals surface area (Å²) in [4.78, 5) is 0.123. The number of halogens is 1. The first-order valence-electron chi connectivity index (χ1n) is 6.73. The minimum Gasteiger partial charge on any atom is -0.211 e. The van der Waals surface area contributed by atoms with Gasteiger partial charge in [0.1, 0.15) is 5.82 Å². The average molecular weight is 285 g/mol. The Hall–Kier alpha value is -0.940. The van der Waals surface area contributed by atoms with Crippen molar-refractivity contribution in [1.29, 1.82) is 0 Å². The molecule has 106 valence electrons. The third kappa shape index (κ3) is 3.34. The Labute approximate surface area is 114 Å². The highest BCUT2D eigenvalue weighted by molar-refractivity contribution is 7.89. The lowest BCUT2D eigenvalue weighted by Gasteiger charge is -2.27. The van der Waals surface area contributed by atoms with Crippen molar-refractivity contribution in [3.05, 3.63) is 30.1 Å². The van der Waals surface area contributed by atoms with Crippen LogP contribution < -0.4 is 4.72 Å². The summed E-state index contributed by atoms with van der Waals surface area (Å²) in [5, 5.41) is 0. The van der Waals surface area contributed by atoms with Gasteiger partial charge in [-0.05, 0) is 48.9 Å². The van der Waals surface area contributed by atoms with Gasteiger partial charge in [0.2, 0.25) is 10.0 Å². The molecule has 3 nitrogen and oxygen atoms in total. The predicted molar refractivity (Wildman–Crippen MR) is 72.8 cm³/mol. The molecule has 0 radical (unpaired) electrons. The van der Waals surface area contributed by atoms with Gasteiger partial charge in [-0.15, -0.1) is 0 Å². The first-order chi connectivity index (χ1) is 8.97. The second kappa shape index (κ2) is 5.59. The molecule has 1 saturated carbocycles. The summed E-state index contributed by atoms with van der Waals surface area (Å²) in [6, 6.07) is 4.93. The van der Waals surface area contributed by atoms with Gasteiger partial charge in [0.15, 0.2) is 0 Å². The zero-order valence-electron chi connectivity index (χ0n) is 11.2. The number of hydrogen-bond acceptors (Lipinski definition) is 2. The van der Waals surface area contributed by atoms with Crippen LogP contribution in [0.3, 0.4) is 0 Å². The summed E-state index contributed by atoms with van der Waals surface area (Å²) >= 11 is 0. The van der Waals surface area contributed by atoms with Gasteiger partial charge in [-0.25, -0.2) is 17.5 Å². The van der Waals surface area contributed by atoms with Crippen molar-refractivity contribution >= 4 is 10.0 Å². The third-order valence-corrected chi connectivity index (χ3v) is 5.59. The van der Waals surface area contributed by atoms with Crippen molar-refractivity contribution in [3.8, 4) is 0 Å². The van der Waals surface area contributed by atoms with E-state index in [1.807, 2.05) is 0 Å². The largest absolute Gasteiger partial charge is 0.240 e. The van der Waals surface area contributed by atoms with E-state index in [-0.39, 0.29) is 10.3 Å². The van der Waals surface area contributed by atoms with Gasteiger partial charge in [0.05, 0.1) is 4.90 Å². The molecule has 1 N–H and O–H groups in total. The normalized spacial score (nSPS) is 18.6. The Morgan fingerprint density at radius 2 is 1.79 bits per heavy atom. The van der Waals surface area contributed by atoms with Crippen molar-refractivity contribution in [2.45, 2.75) is 43.9 Å². The quantitative estimate of drug-likeness (QED) is 0.903. The lowest BCUT2D eigenvalue weighted by molar-refractivity contribution is 0.285. The number of sulfonamides is 1. The van der Waals surface area contributed by atoms with E-state index in [2.05, 4.69) is 11.6 Å². The molecule has 0 heterocycles. The first-order valence-corrected chi connectivity index (χ1v) is 8.21. The lowest BCUT2D eigenvalue weighted by Crippen LogP contribution is -2.35. The molecule has 1 aliphatic carbocycles. The standard InChI is InChI=1S/C14H20FNO2S/c1-2-14(9-3-4-10-14)11-16-19(17,18)13-7-5-12(15)6-8-13/h5-8,16H,2-4,9-11H2,1H3. The second-order valence-electron chi connectivity index (χ2n) is 5.34. The summed E-state index contributed by atoms with van der Waals surface area (Å²) in [6.07, 6.45) is 5.49.